The molecule has 2 aromatic heterocycles. The number of thioether (sulfide) groups is 1. The van der Waals surface area contributed by atoms with Crippen LogP contribution >= 0.6 is 46.0 Å². The maximum Gasteiger partial charge on any atom is 0.267 e. The SMILES string of the molecule is Cc1nc(-c2cccc(Cl)c2)c(C(=O)N2CCSC2CNC(=O)c2cccc3ncsc23)s1. The molecule has 0 radical (unpaired) electrons. The Morgan fingerprint density at radius 1 is 1.24 bits per heavy atom. The number of carbonyl (C=O) groups excluding carboxylic acids is 2. The van der Waals surface area contributed by atoms with Crippen molar-refractivity contribution in [1.82, 2.24) is 20.2 Å². The van der Waals surface area contributed by atoms with Crippen molar-refractivity contribution in [3.63, 3.8) is 0 Å². The predicted octanol–water partition coefficient (Wildman–Crippen LogP) is 5.33. The molecule has 0 spiro atoms. The fraction of sp³-hybridized carbons (Fsp3) is 0.217. The molecule has 0 bridgehead atoms. The molecule has 1 aliphatic heterocycles. The Morgan fingerprint density at radius 2 is 2.09 bits per heavy atom. The third-order valence-corrected chi connectivity index (χ3v) is 8.61. The zero-order chi connectivity index (χ0) is 22.9. The first-order valence-corrected chi connectivity index (χ1v) is 13.4. The van der Waals surface area contributed by atoms with Crippen molar-refractivity contribution in [3.8, 4) is 11.3 Å². The number of hydrogen-bond acceptors (Lipinski definition) is 7. The minimum Gasteiger partial charge on any atom is -0.349 e. The van der Waals surface area contributed by atoms with Gasteiger partial charge >= 0.3 is 0 Å². The number of amides is 2. The number of nitrogens with zero attached hydrogens (tertiary/aromatic N) is 3. The number of fused-ring (bicyclic) bond motifs is 1. The Labute approximate surface area is 208 Å². The molecule has 6 nitrogen and oxygen atoms in total. The highest BCUT2D eigenvalue weighted by atomic mass is 35.5. The summed E-state index contributed by atoms with van der Waals surface area (Å²) in [5.74, 6) is 0.600. The smallest absolute Gasteiger partial charge is 0.267 e. The van der Waals surface area contributed by atoms with Crippen LogP contribution in [0.2, 0.25) is 5.02 Å². The molecular weight excluding hydrogens is 496 g/mol. The number of hydrogen-bond donors (Lipinski definition) is 1. The van der Waals surface area contributed by atoms with Crippen LogP contribution in [0.4, 0.5) is 0 Å². The van der Waals surface area contributed by atoms with Gasteiger partial charge in [0.05, 0.1) is 37.4 Å². The summed E-state index contributed by atoms with van der Waals surface area (Å²) in [6, 6.07) is 12.9. The fourth-order valence-corrected chi connectivity index (χ4v) is 6.84. The molecule has 1 atom stereocenters. The van der Waals surface area contributed by atoms with E-state index in [0.29, 0.717) is 34.2 Å². The van der Waals surface area contributed by atoms with E-state index in [4.69, 9.17) is 11.6 Å². The fourth-order valence-electron chi connectivity index (χ4n) is 3.80. The number of aryl methyl sites for hydroxylation is 1. The van der Waals surface area contributed by atoms with Crippen LogP contribution in [0.15, 0.2) is 48.0 Å². The molecule has 1 saturated heterocycles. The standard InChI is InChI=1S/C23H19ClN4O2S3/c1-13-27-19(14-4-2-5-15(24)10-14)21(33-13)23(30)28-8-9-31-18(28)11-25-22(29)16-6-3-7-17-20(16)32-12-26-17/h2-7,10,12,18H,8-9,11H2,1H3,(H,25,29). The van der Waals surface area contributed by atoms with Gasteiger partial charge in [0.2, 0.25) is 0 Å². The summed E-state index contributed by atoms with van der Waals surface area (Å²) in [5.41, 5.74) is 4.64. The molecule has 1 unspecified atom stereocenters. The number of nitrogens with one attached hydrogen (secondary N) is 1. The van der Waals surface area contributed by atoms with Gasteiger partial charge in [-0.25, -0.2) is 9.97 Å². The Hall–Kier alpha value is -2.46. The van der Waals surface area contributed by atoms with E-state index in [1.54, 1.807) is 29.4 Å². The first-order chi connectivity index (χ1) is 16.0. The van der Waals surface area contributed by atoms with Gasteiger partial charge < -0.3 is 10.2 Å². The van der Waals surface area contributed by atoms with Crippen LogP contribution in [0.25, 0.3) is 21.5 Å². The van der Waals surface area contributed by atoms with Crippen LogP contribution < -0.4 is 5.32 Å². The second-order valence-electron chi connectivity index (χ2n) is 7.46. The van der Waals surface area contributed by atoms with Gasteiger partial charge in [-0.3, -0.25) is 9.59 Å². The molecule has 2 amide bonds. The van der Waals surface area contributed by atoms with Crippen LogP contribution in [-0.2, 0) is 0 Å². The van der Waals surface area contributed by atoms with E-state index in [1.807, 2.05) is 42.2 Å². The van der Waals surface area contributed by atoms with Gasteiger partial charge in [-0.2, -0.15) is 0 Å². The summed E-state index contributed by atoms with van der Waals surface area (Å²) in [6.07, 6.45) is 0. The van der Waals surface area contributed by atoms with E-state index < -0.39 is 0 Å². The molecule has 1 fully saturated rings. The van der Waals surface area contributed by atoms with Crippen molar-refractivity contribution in [2.75, 3.05) is 18.8 Å². The van der Waals surface area contributed by atoms with Gasteiger partial charge in [0.1, 0.15) is 4.88 Å². The van der Waals surface area contributed by atoms with Gasteiger partial charge in [0.25, 0.3) is 11.8 Å². The maximum absolute atomic E-state index is 13.5. The quantitative estimate of drug-likeness (QED) is 0.390. The number of rotatable bonds is 5. The number of halogens is 1. The molecule has 1 N–H and O–H groups in total. The lowest BCUT2D eigenvalue weighted by Crippen LogP contribution is -2.42. The predicted molar refractivity (Wildman–Crippen MR) is 137 cm³/mol. The van der Waals surface area contributed by atoms with Crippen molar-refractivity contribution < 1.29 is 9.59 Å². The molecule has 0 aliphatic carbocycles. The normalized spacial score (nSPS) is 15.8. The molecule has 33 heavy (non-hydrogen) atoms. The Morgan fingerprint density at radius 3 is 2.94 bits per heavy atom. The molecule has 1 aliphatic rings. The minimum absolute atomic E-state index is 0.0654. The largest absolute Gasteiger partial charge is 0.349 e. The maximum atomic E-state index is 13.5. The van der Waals surface area contributed by atoms with E-state index in [1.165, 1.54) is 22.7 Å². The second-order valence-corrected chi connectivity index (χ2v) is 11.2. The lowest BCUT2D eigenvalue weighted by atomic mass is 10.1. The molecule has 10 heteroatoms. The summed E-state index contributed by atoms with van der Waals surface area (Å²) in [7, 11) is 0. The van der Waals surface area contributed by atoms with E-state index in [2.05, 4.69) is 15.3 Å². The topological polar surface area (TPSA) is 75.2 Å². The Bertz CT molecular complexity index is 1350. The van der Waals surface area contributed by atoms with Gasteiger partial charge in [-0.05, 0) is 31.2 Å². The van der Waals surface area contributed by atoms with Crippen molar-refractivity contribution in [2.45, 2.75) is 12.3 Å². The number of carbonyl (C=O) groups is 2. The lowest BCUT2D eigenvalue weighted by molar-refractivity contribution is 0.0756. The van der Waals surface area contributed by atoms with E-state index >= 15 is 0 Å². The van der Waals surface area contributed by atoms with Gasteiger partial charge in [-0.15, -0.1) is 34.4 Å². The van der Waals surface area contributed by atoms with Crippen LogP contribution in [0.5, 0.6) is 0 Å². The summed E-state index contributed by atoms with van der Waals surface area (Å²) >= 11 is 10.7. The lowest BCUT2D eigenvalue weighted by Gasteiger charge is -2.24. The van der Waals surface area contributed by atoms with E-state index in [9.17, 15) is 9.59 Å². The van der Waals surface area contributed by atoms with Gasteiger partial charge in [-0.1, -0.05) is 29.8 Å². The van der Waals surface area contributed by atoms with Crippen LogP contribution in [0, 0.1) is 6.92 Å². The van der Waals surface area contributed by atoms with Crippen LogP contribution in [-0.4, -0.2) is 50.9 Å². The summed E-state index contributed by atoms with van der Waals surface area (Å²) in [5, 5.41) is 4.30. The van der Waals surface area contributed by atoms with Crippen LogP contribution in [0.3, 0.4) is 0 Å². The molecule has 5 rings (SSSR count). The molecule has 168 valence electrons. The highest BCUT2D eigenvalue weighted by Gasteiger charge is 2.33. The van der Waals surface area contributed by atoms with Crippen LogP contribution in [0.1, 0.15) is 25.0 Å². The molecule has 0 saturated carbocycles. The third kappa shape index (κ3) is 4.50. The Balaban J connectivity index is 1.34. The minimum atomic E-state index is -0.155. The average Bonchev–Trinajstić information content (AvgIpc) is 3.55. The van der Waals surface area contributed by atoms with Crippen molar-refractivity contribution >= 4 is 68.1 Å². The number of aromatic nitrogens is 2. The van der Waals surface area contributed by atoms with Gasteiger partial charge in [0, 0.05) is 29.4 Å². The van der Waals surface area contributed by atoms with Crippen molar-refractivity contribution in [1.29, 1.82) is 0 Å². The number of thiazole rings is 2. The highest BCUT2D eigenvalue weighted by Crippen LogP contribution is 2.33. The van der Waals surface area contributed by atoms with E-state index in [-0.39, 0.29) is 17.2 Å². The second kappa shape index (κ2) is 9.42. The summed E-state index contributed by atoms with van der Waals surface area (Å²) in [4.78, 5) is 37.7. The van der Waals surface area contributed by atoms with Gasteiger partial charge in [0.15, 0.2) is 0 Å². The van der Waals surface area contributed by atoms with Crippen molar-refractivity contribution in [3.05, 3.63) is 68.4 Å². The zero-order valence-electron chi connectivity index (χ0n) is 17.6. The molecule has 2 aromatic carbocycles. The zero-order valence-corrected chi connectivity index (χ0v) is 20.8. The first kappa shape index (κ1) is 22.3. The molecular formula is C23H19ClN4O2S3. The third-order valence-electron chi connectivity index (χ3n) is 5.32. The summed E-state index contributed by atoms with van der Waals surface area (Å²) < 4.78 is 0.869. The first-order valence-electron chi connectivity index (χ1n) is 10.3. The summed E-state index contributed by atoms with van der Waals surface area (Å²) in [6.45, 7) is 2.89. The molecule has 3 heterocycles. The van der Waals surface area contributed by atoms with E-state index in [0.717, 1.165) is 26.5 Å². The average molecular weight is 515 g/mol. The number of benzene rings is 2. The highest BCUT2D eigenvalue weighted by molar-refractivity contribution is 8.00. The monoisotopic (exact) mass is 514 g/mol. The Kier molecular flexibility index (Phi) is 6.38. The van der Waals surface area contributed by atoms with Crippen molar-refractivity contribution in [2.24, 2.45) is 0 Å². The molecule has 4 aromatic rings.